The lowest BCUT2D eigenvalue weighted by Crippen LogP contribution is -2.83. The van der Waals surface area contributed by atoms with Gasteiger partial charge in [-0.1, -0.05) is 113 Å². The number of esters is 8. The number of rotatable bonds is 21. The molecule has 752 valence electrons. The monoisotopic (exact) mass is 2030 g/mol. The summed E-state index contributed by atoms with van der Waals surface area (Å²) in [4.78, 5) is 201. The number of benzene rings is 3. The van der Waals surface area contributed by atoms with Crippen molar-refractivity contribution < 1.29 is 167 Å². The van der Waals surface area contributed by atoms with Gasteiger partial charge in [-0.15, -0.1) is 24.0 Å². The number of hydrogen-bond donors (Lipinski definition) is 3. The summed E-state index contributed by atoms with van der Waals surface area (Å²) >= 11 is 0. The minimum Gasteiger partial charge on any atom is -0.497 e. The molecule has 0 aromatic heterocycles. The van der Waals surface area contributed by atoms with Crippen LogP contribution in [0.2, 0.25) is 0 Å². The van der Waals surface area contributed by atoms with Crippen LogP contribution >= 0.6 is 24.0 Å². The number of methoxy groups -OCH3 is 2. The smallest absolute Gasteiger partial charge is 0.497 e. The molecule has 14 rings (SSSR count). The molecule has 5 saturated heterocycles. The van der Waals surface area contributed by atoms with Crippen LogP contribution < -0.4 is 14.8 Å². The summed E-state index contributed by atoms with van der Waals surface area (Å²) in [6, 6.07) is 18.3. The minimum atomic E-state index is -2.38. The molecule has 3 aromatic rings. The molecule has 6 aliphatic carbocycles. The van der Waals surface area contributed by atoms with E-state index in [1.165, 1.54) is 71.1 Å². The zero-order chi connectivity index (χ0) is 99.6. The predicted octanol–water partition coefficient (Wildman–Crippen LogP) is 12.3. The molecule has 4 saturated carbocycles. The van der Waals surface area contributed by atoms with Gasteiger partial charge in [-0.25, -0.2) is 38.4 Å². The van der Waals surface area contributed by atoms with Crippen LogP contribution in [0.4, 0.5) is 19.2 Å². The Bertz CT molecular complexity index is 5290. The lowest BCUT2D eigenvalue weighted by molar-refractivity contribution is -0.345. The maximum absolute atomic E-state index is 15.9. The number of ketones is 2. The van der Waals surface area contributed by atoms with Gasteiger partial charge in [0.1, 0.15) is 34.9 Å². The lowest BCUT2D eigenvalue weighted by atomic mass is 9.43. The van der Waals surface area contributed by atoms with Crippen LogP contribution in [0.15, 0.2) is 101 Å². The van der Waals surface area contributed by atoms with E-state index in [4.69, 9.17) is 90.0 Å². The highest BCUT2D eigenvalue weighted by Crippen LogP contribution is 2.71. The Kier molecular flexibility index (Phi) is 30.4. The molecule has 11 aliphatic rings. The fourth-order valence-corrected chi connectivity index (χ4v) is 23.0. The van der Waals surface area contributed by atoms with Crippen molar-refractivity contribution in [2.24, 2.45) is 51.2 Å². The van der Waals surface area contributed by atoms with Crippen molar-refractivity contribution in [3.05, 3.63) is 118 Å². The van der Waals surface area contributed by atoms with Crippen LogP contribution in [0.5, 0.6) is 11.5 Å². The van der Waals surface area contributed by atoms with Crippen molar-refractivity contribution in [3.8, 4) is 11.5 Å². The van der Waals surface area contributed by atoms with Crippen LogP contribution in [-0.2, 0) is 119 Å². The Morgan fingerprint density at radius 3 is 1.45 bits per heavy atom. The van der Waals surface area contributed by atoms with E-state index in [1.807, 2.05) is 27.7 Å². The second-order valence-electron chi connectivity index (χ2n) is 41.2. The maximum atomic E-state index is 15.9. The number of Topliss-reactive ketones (excluding diaryl/α,β-unsaturated/α-hetero) is 2. The highest BCUT2D eigenvalue weighted by atomic mass is 127. The summed E-state index contributed by atoms with van der Waals surface area (Å²) in [5.41, 5.74) is -16.6. The molecule has 1 unspecified atom stereocenters. The van der Waals surface area contributed by atoms with Crippen molar-refractivity contribution in [1.29, 1.82) is 0 Å². The number of ether oxygens (including phenoxy) is 19. The van der Waals surface area contributed by atoms with Crippen molar-refractivity contribution in [2.45, 2.75) is 324 Å². The van der Waals surface area contributed by atoms with Crippen LogP contribution in [0.25, 0.3) is 0 Å². The van der Waals surface area contributed by atoms with E-state index in [1.54, 1.807) is 138 Å². The van der Waals surface area contributed by atoms with Crippen molar-refractivity contribution >= 4 is 108 Å². The Labute approximate surface area is 812 Å². The third-order valence-corrected chi connectivity index (χ3v) is 28.8. The van der Waals surface area contributed by atoms with E-state index in [2.05, 4.69) is 5.32 Å². The van der Waals surface area contributed by atoms with E-state index in [0.29, 0.717) is 11.3 Å². The van der Waals surface area contributed by atoms with Crippen LogP contribution in [0, 0.1) is 51.2 Å². The van der Waals surface area contributed by atoms with Gasteiger partial charge in [-0.05, 0) is 158 Å². The van der Waals surface area contributed by atoms with Gasteiger partial charge in [-0.2, -0.15) is 0 Å². The molecule has 5 aliphatic heterocycles. The Hall–Kier alpha value is -10.6. The van der Waals surface area contributed by atoms with E-state index >= 15 is 14.4 Å². The topological polar surface area (TPSA) is 470 Å². The highest BCUT2D eigenvalue weighted by Gasteiger charge is 2.86. The molecule has 137 heavy (non-hydrogen) atoms. The number of amides is 2. The summed E-state index contributed by atoms with van der Waals surface area (Å²) in [7, 11) is 2.90. The molecule has 5 heterocycles. The molecular formula is C99H129IN2O35. The first-order chi connectivity index (χ1) is 62.9. The molecular weight excluding hydrogens is 1900 g/mol. The lowest BCUT2D eigenvalue weighted by Gasteiger charge is -2.67. The van der Waals surface area contributed by atoms with E-state index in [-0.39, 0.29) is 121 Å². The van der Waals surface area contributed by atoms with E-state index < -0.39 is 255 Å². The summed E-state index contributed by atoms with van der Waals surface area (Å²) in [6.07, 6.45) is -26.7. The first kappa shape index (κ1) is 107. The van der Waals surface area contributed by atoms with Gasteiger partial charge < -0.3 is 106 Å². The first-order valence-corrected chi connectivity index (χ1v) is 45.3. The van der Waals surface area contributed by atoms with Crippen LogP contribution in [0.3, 0.4) is 0 Å². The summed E-state index contributed by atoms with van der Waals surface area (Å²) in [6.45, 7) is 35.6. The number of hydrogen-bond acceptors (Lipinski definition) is 35. The fourth-order valence-electron chi connectivity index (χ4n) is 23.0. The van der Waals surface area contributed by atoms with Crippen LogP contribution in [-0.4, -0.2) is 251 Å². The number of nitrogens with zero attached hydrogens (tertiary/aromatic N) is 1. The first-order valence-electron chi connectivity index (χ1n) is 45.3. The third-order valence-electron chi connectivity index (χ3n) is 28.8. The van der Waals surface area contributed by atoms with Crippen molar-refractivity contribution in [2.75, 3.05) is 27.4 Å². The third kappa shape index (κ3) is 18.4. The maximum Gasteiger partial charge on any atom is 0.509 e. The Balaban J connectivity index is 0.000000263. The van der Waals surface area contributed by atoms with Gasteiger partial charge in [0.25, 0.3) is 0 Å². The summed E-state index contributed by atoms with van der Waals surface area (Å²) in [5.74, 6) is -12.3. The molecule has 3 N–H and O–H groups in total. The molecule has 2 spiro atoms. The number of fused-ring (bicyclic) bond motifs is 8. The average molecular weight is 2030 g/mol. The number of aliphatic hydroxyl groups excluding tert-OH is 2. The zero-order valence-corrected chi connectivity index (χ0v) is 83.4. The molecule has 37 nitrogen and oxygen atoms in total. The van der Waals surface area contributed by atoms with E-state index in [9.17, 15) is 63.0 Å². The second kappa shape index (κ2) is 38.9. The minimum absolute atomic E-state index is 0. The number of alkyl carbamates (subject to hydrolysis) is 1. The normalized spacial score (nSPS) is 33.6. The number of carbonyl (C=O) groups is 14. The highest BCUT2D eigenvalue weighted by molar-refractivity contribution is 14.0. The average Bonchev–Trinajstić information content (AvgIpc) is 1.65. The van der Waals surface area contributed by atoms with Gasteiger partial charge in [0.05, 0.1) is 74.0 Å². The molecule has 38 heteroatoms. The number of aliphatic hydroxyl groups is 2. The molecule has 4 bridgehead atoms. The quantitative estimate of drug-likeness (QED) is 0.0386. The van der Waals surface area contributed by atoms with Gasteiger partial charge >= 0.3 is 72.3 Å². The van der Waals surface area contributed by atoms with Gasteiger partial charge in [-0.3, -0.25) is 33.7 Å². The van der Waals surface area contributed by atoms with Crippen LogP contribution in [0.1, 0.15) is 225 Å². The van der Waals surface area contributed by atoms with Gasteiger partial charge in [0.15, 0.2) is 90.0 Å². The fraction of sp³-hybridized carbons (Fsp3) is 0.636. The molecule has 9 fully saturated rings. The van der Waals surface area contributed by atoms with Gasteiger partial charge in [0.2, 0.25) is 11.2 Å². The number of nitrogens with one attached hydrogen (secondary N) is 1. The SMILES string of the molecule is C.CC(=O)O[C@H]1C(=O)[C@@]2(C)[C@H]([C@H](OC(=O)c3ccccc3)[C@]34OC(=O)O[C@H]3[C@H](OC(=O)[C@H](O)[C@H](CC(C)C)NC(=O)OC(C)(C)C)C(C)=C1C4(C)C)[C@]1(OC(C)=O)CO[C@@H]1C[C@@H]2C.COc1ccc(C2O[C@@H](C(=O)O[C@@H]3C(C)=C4[C@@H](OC(C)=O)C(=O)[C@@]5(C)[C@H]([C@H](OC(=O)c6ccccc6)[C@@]6(OC(=O)O[C@@H]36)C4(C)C)[C@]3(OC(C)=O)CO[C@@H]3C[C@@H]5O)[C@H](CC(C)C)N2C(=O)OC(C)(C)C)c(OC)c1.I. The molecule has 25 atom stereocenters. The van der Waals surface area contributed by atoms with Crippen molar-refractivity contribution in [3.63, 3.8) is 0 Å². The molecule has 0 radical (unpaired) electrons. The predicted molar refractivity (Wildman–Crippen MR) is 489 cm³/mol. The second-order valence-corrected chi connectivity index (χ2v) is 41.2. The molecule has 3 aromatic carbocycles. The zero-order valence-electron chi connectivity index (χ0n) is 81.1. The largest absolute Gasteiger partial charge is 0.509 e. The standard InChI is InChI=1S/C53H65NO19.C45H59NO16.CH4.HI/c1-25(2)21-32-38(67-44(54(32)47(61)72-49(6,7)8)31-20-19-30(63-12)22-33(31)64-13)46(60)68-37-26(3)36-39(66-27(4)55)41(58)51(11)34(57)23-35-52(24-65-35,71-28(5)56)40(51)43(69-45(59)29-17-15-14-16-18-29)53(50(36,9)10)42(37)70-48(62)73-53;1-21(2)18-27(46-39(53)61-41(7,8)9)30(49)38(52)57-31-23(4)29-32(56-24(5)47)34(50)43(12)22(3)19-28-44(20-55-28,60-25(6)48)33(43)36(58-37(51)26-16-14-13-15-17-26)45(42(29,10)11)35(31)59-40(54)62-45;;/h14-20,22,25,32,34-35,37-40,42-44,57H,21,23-24H2,1-13H3;13-17,21-22,27-28,30-33,35-36,49H,18-20H2,1-12H3,(H,46,53);1H4;1H/t32-,34-,35+,37+,38+,39+,40-,42-,43-,44?,51+,52-,53+;22-,27-,28+,30+,31+,32+,33-,35-,36-,43+,44-,45+;;/m00../s1. The summed E-state index contributed by atoms with van der Waals surface area (Å²) in [5, 5.41) is 26.6. The Morgan fingerprint density at radius 2 is 1.03 bits per heavy atom. The summed E-state index contributed by atoms with van der Waals surface area (Å²) < 4.78 is 117. The van der Waals surface area contributed by atoms with Crippen molar-refractivity contribution in [1.82, 2.24) is 10.2 Å². The molecule has 2 amide bonds. The van der Waals surface area contributed by atoms with E-state index in [0.717, 1.165) is 20.8 Å². The Morgan fingerprint density at radius 1 is 0.577 bits per heavy atom. The number of halogens is 1. The number of carbonyl (C=O) groups excluding carboxylic acids is 14. The van der Waals surface area contributed by atoms with Gasteiger partial charge in [0, 0.05) is 62.0 Å².